The molecule has 92 valence electrons. The van der Waals surface area contributed by atoms with Gasteiger partial charge in [-0.25, -0.2) is 4.79 Å². The number of nitrogens with one attached hydrogen (secondary N) is 1. The fourth-order valence-electron chi connectivity index (χ4n) is 2.16. The van der Waals surface area contributed by atoms with Crippen LogP contribution in [0.3, 0.4) is 0 Å². The first kappa shape index (κ1) is 13.1. The van der Waals surface area contributed by atoms with Crippen molar-refractivity contribution >= 4 is 6.09 Å². The Morgan fingerprint density at radius 2 is 2.19 bits per heavy atom. The van der Waals surface area contributed by atoms with Gasteiger partial charge in [-0.15, -0.1) is 6.58 Å². The maximum Gasteiger partial charge on any atom is 0.407 e. The molecule has 1 N–H and O–H groups in total. The second-order valence-corrected chi connectivity index (χ2v) is 5.47. The van der Waals surface area contributed by atoms with Gasteiger partial charge in [0.15, 0.2) is 0 Å². The highest BCUT2D eigenvalue weighted by molar-refractivity contribution is 5.67. The molecule has 0 bridgehead atoms. The number of amides is 1. The summed E-state index contributed by atoms with van der Waals surface area (Å²) in [5.74, 6) is 1.08. The fourth-order valence-corrected chi connectivity index (χ4v) is 2.16. The standard InChI is InChI=1S/C13H23NO2/c1-5-10-7-6-8-11(10)9-14-12(15)16-13(2,3)4/h5,10-11H,1,6-9H2,2-4H3,(H,14,15)/t10-,11+/m1/s1. The lowest BCUT2D eigenvalue weighted by Crippen LogP contribution is -2.35. The zero-order valence-corrected chi connectivity index (χ0v) is 10.6. The molecule has 1 saturated carbocycles. The SMILES string of the molecule is C=C[C@@H]1CCC[C@H]1CNC(=O)OC(C)(C)C. The van der Waals surface area contributed by atoms with E-state index in [1.165, 1.54) is 19.3 Å². The van der Waals surface area contributed by atoms with E-state index >= 15 is 0 Å². The van der Waals surface area contributed by atoms with Gasteiger partial charge in [0, 0.05) is 6.54 Å². The van der Waals surface area contributed by atoms with E-state index in [1.54, 1.807) is 0 Å². The normalized spacial score (nSPS) is 25.2. The Labute approximate surface area is 98.2 Å². The van der Waals surface area contributed by atoms with Gasteiger partial charge in [-0.3, -0.25) is 0 Å². The molecule has 0 aromatic rings. The van der Waals surface area contributed by atoms with Gasteiger partial charge in [-0.05, 0) is 45.4 Å². The van der Waals surface area contributed by atoms with E-state index in [0.29, 0.717) is 18.4 Å². The third kappa shape index (κ3) is 4.25. The number of alkyl carbamates (subject to hydrolysis) is 1. The molecule has 0 spiro atoms. The van der Waals surface area contributed by atoms with E-state index in [-0.39, 0.29) is 6.09 Å². The smallest absolute Gasteiger partial charge is 0.407 e. The highest BCUT2D eigenvalue weighted by Gasteiger charge is 2.25. The molecular weight excluding hydrogens is 202 g/mol. The van der Waals surface area contributed by atoms with Gasteiger partial charge in [0.25, 0.3) is 0 Å². The molecule has 0 aromatic carbocycles. The minimum absolute atomic E-state index is 0.317. The van der Waals surface area contributed by atoms with Gasteiger partial charge in [-0.2, -0.15) is 0 Å². The van der Waals surface area contributed by atoms with Crippen molar-refractivity contribution in [1.82, 2.24) is 5.32 Å². The van der Waals surface area contributed by atoms with Gasteiger partial charge in [0.1, 0.15) is 5.60 Å². The van der Waals surface area contributed by atoms with Crippen LogP contribution in [0.25, 0.3) is 0 Å². The third-order valence-corrected chi connectivity index (χ3v) is 2.93. The summed E-state index contributed by atoms with van der Waals surface area (Å²) in [4.78, 5) is 11.5. The van der Waals surface area contributed by atoms with Gasteiger partial charge in [0.2, 0.25) is 0 Å². The first-order valence-electron chi connectivity index (χ1n) is 6.02. The lowest BCUT2D eigenvalue weighted by atomic mass is 9.96. The summed E-state index contributed by atoms with van der Waals surface area (Å²) in [6, 6.07) is 0. The Kier molecular flexibility index (Phi) is 4.39. The van der Waals surface area contributed by atoms with E-state index in [2.05, 4.69) is 11.9 Å². The number of hydrogen-bond acceptors (Lipinski definition) is 2. The number of carbonyl (C=O) groups is 1. The Balaban J connectivity index is 2.29. The second-order valence-electron chi connectivity index (χ2n) is 5.47. The summed E-state index contributed by atoms with van der Waals surface area (Å²) >= 11 is 0. The Morgan fingerprint density at radius 3 is 2.75 bits per heavy atom. The van der Waals surface area contributed by atoms with Crippen molar-refractivity contribution in [2.24, 2.45) is 11.8 Å². The van der Waals surface area contributed by atoms with Crippen molar-refractivity contribution < 1.29 is 9.53 Å². The van der Waals surface area contributed by atoms with Crippen LogP contribution in [0.5, 0.6) is 0 Å². The van der Waals surface area contributed by atoms with Gasteiger partial charge < -0.3 is 10.1 Å². The minimum Gasteiger partial charge on any atom is -0.444 e. The van der Waals surface area contributed by atoms with Gasteiger partial charge in [0.05, 0.1) is 0 Å². The lowest BCUT2D eigenvalue weighted by Gasteiger charge is -2.21. The fraction of sp³-hybridized carbons (Fsp3) is 0.769. The maximum atomic E-state index is 11.5. The van der Waals surface area contributed by atoms with Crippen LogP contribution in [-0.4, -0.2) is 18.2 Å². The van der Waals surface area contributed by atoms with Crippen molar-refractivity contribution in [1.29, 1.82) is 0 Å². The number of ether oxygens (including phenoxy) is 1. The predicted molar refractivity (Wildman–Crippen MR) is 65.3 cm³/mol. The number of allylic oxidation sites excluding steroid dienone is 1. The molecule has 3 heteroatoms. The molecule has 0 unspecified atom stereocenters. The maximum absolute atomic E-state index is 11.5. The molecule has 1 rings (SSSR count). The topological polar surface area (TPSA) is 38.3 Å². The van der Waals surface area contributed by atoms with Gasteiger partial charge >= 0.3 is 6.09 Å². The van der Waals surface area contributed by atoms with E-state index in [4.69, 9.17) is 4.74 Å². The molecule has 1 fully saturated rings. The van der Waals surface area contributed by atoms with E-state index in [9.17, 15) is 4.79 Å². The highest BCUT2D eigenvalue weighted by Crippen LogP contribution is 2.31. The first-order chi connectivity index (χ1) is 7.42. The molecule has 1 aliphatic rings. The summed E-state index contributed by atoms with van der Waals surface area (Å²) in [5.41, 5.74) is -0.419. The Hall–Kier alpha value is -0.990. The van der Waals surface area contributed by atoms with E-state index < -0.39 is 5.60 Å². The zero-order chi connectivity index (χ0) is 12.2. The first-order valence-corrected chi connectivity index (χ1v) is 6.02. The van der Waals surface area contributed by atoms with Gasteiger partial charge in [-0.1, -0.05) is 12.5 Å². The largest absolute Gasteiger partial charge is 0.444 e. The minimum atomic E-state index is -0.419. The molecule has 0 saturated heterocycles. The van der Waals surface area contributed by atoms with Crippen LogP contribution in [0, 0.1) is 11.8 Å². The summed E-state index contributed by atoms with van der Waals surface area (Å²) in [7, 11) is 0. The van der Waals surface area contributed by atoms with Crippen molar-refractivity contribution in [2.75, 3.05) is 6.54 Å². The second kappa shape index (κ2) is 5.37. The molecule has 2 atom stereocenters. The summed E-state index contributed by atoms with van der Waals surface area (Å²) in [6.07, 6.45) is 5.30. The van der Waals surface area contributed by atoms with Crippen LogP contribution in [-0.2, 0) is 4.74 Å². The molecule has 0 heterocycles. The highest BCUT2D eigenvalue weighted by atomic mass is 16.6. The Morgan fingerprint density at radius 1 is 1.50 bits per heavy atom. The van der Waals surface area contributed by atoms with Crippen LogP contribution in [0.1, 0.15) is 40.0 Å². The van der Waals surface area contributed by atoms with Crippen molar-refractivity contribution in [3.63, 3.8) is 0 Å². The Bertz CT molecular complexity index is 255. The summed E-state index contributed by atoms with van der Waals surface area (Å²) in [6.45, 7) is 10.1. The van der Waals surface area contributed by atoms with Crippen LogP contribution < -0.4 is 5.32 Å². The number of hydrogen-bond donors (Lipinski definition) is 1. The molecule has 0 radical (unpaired) electrons. The average molecular weight is 225 g/mol. The molecule has 16 heavy (non-hydrogen) atoms. The van der Waals surface area contributed by atoms with Crippen LogP contribution in [0.4, 0.5) is 4.79 Å². The van der Waals surface area contributed by atoms with Crippen molar-refractivity contribution in [2.45, 2.75) is 45.6 Å². The summed E-state index contributed by atoms with van der Waals surface area (Å²) < 4.78 is 5.19. The van der Waals surface area contributed by atoms with Crippen molar-refractivity contribution in [3.8, 4) is 0 Å². The summed E-state index contributed by atoms with van der Waals surface area (Å²) in [5, 5.41) is 2.84. The van der Waals surface area contributed by atoms with Crippen LogP contribution in [0.15, 0.2) is 12.7 Å². The third-order valence-electron chi connectivity index (χ3n) is 2.93. The monoisotopic (exact) mass is 225 g/mol. The molecule has 1 aliphatic carbocycles. The molecule has 3 nitrogen and oxygen atoms in total. The average Bonchev–Trinajstić information content (AvgIpc) is 2.59. The predicted octanol–water partition coefficient (Wildman–Crippen LogP) is 3.11. The quantitative estimate of drug-likeness (QED) is 0.749. The van der Waals surface area contributed by atoms with Crippen LogP contribution >= 0.6 is 0 Å². The van der Waals surface area contributed by atoms with Crippen molar-refractivity contribution in [3.05, 3.63) is 12.7 Å². The number of carbonyl (C=O) groups excluding carboxylic acids is 1. The lowest BCUT2D eigenvalue weighted by molar-refractivity contribution is 0.0517. The number of rotatable bonds is 3. The zero-order valence-electron chi connectivity index (χ0n) is 10.6. The molecule has 0 aromatic heterocycles. The molecule has 0 aliphatic heterocycles. The molecule has 1 amide bonds. The van der Waals surface area contributed by atoms with E-state index in [1.807, 2.05) is 26.8 Å². The van der Waals surface area contributed by atoms with Crippen LogP contribution in [0.2, 0.25) is 0 Å². The van der Waals surface area contributed by atoms with E-state index in [0.717, 1.165) is 0 Å². The molecular formula is C13H23NO2.